The summed E-state index contributed by atoms with van der Waals surface area (Å²) in [5.41, 5.74) is 8.40. The van der Waals surface area contributed by atoms with Crippen LogP contribution in [-0.4, -0.2) is 9.97 Å². The highest BCUT2D eigenvalue weighted by Crippen LogP contribution is 2.26. The molecule has 0 aliphatic heterocycles. The summed E-state index contributed by atoms with van der Waals surface area (Å²) in [4.78, 5) is 8.32. The first-order chi connectivity index (χ1) is 8.56. The smallest absolute Gasteiger partial charge is 0.222 e. The highest BCUT2D eigenvalue weighted by Gasteiger charge is 2.06. The second kappa shape index (κ2) is 5.04. The van der Waals surface area contributed by atoms with Crippen LogP contribution >= 0.6 is 0 Å². The lowest BCUT2D eigenvalue weighted by Crippen LogP contribution is -1.97. The Morgan fingerprint density at radius 2 is 1.94 bits per heavy atom. The van der Waals surface area contributed by atoms with Crippen molar-refractivity contribution in [2.75, 3.05) is 5.73 Å². The summed E-state index contributed by atoms with van der Waals surface area (Å²) in [6.45, 7) is 6.13. The maximum Gasteiger partial charge on any atom is 0.222 e. The highest BCUT2D eigenvalue weighted by molar-refractivity contribution is 5.49. The van der Waals surface area contributed by atoms with Gasteiger partial charge in [-0.2, -0.15) is 0 Å². The second-order valence-electron chi connectivity index (χ2n) is 4.56. The second-order valence-corrected chi connectivity index (χ2v) is 4.56. The van der Waals surface area contributed by atoms with E-state index < -0.39 is 0 Å². The van der Waals surface area contributed by atoms with E-state index in [0.717, 1.165) is 17.0 Å². The van der Waals surface area contributed by atoms with Crippen molar-refractivity contribution in [3.8, 4) is 11.6 Å². The number of hydrogen-bond acceptors (Lipinski definition) is 4. The molecule has 0 aliphatic rings. The molecule has 18 heavy (non-hydrogen) atoms. The van der Waals surface area contributed by atoms with E-state index in [1.165, 1.54) is 6.33 Å². The quantitative estimate of drug-likeness (QED) is 0.840. The minimum absolute atomic E-state index is 0.345. The van der Waals surface area contributed by atoms with Gasteiger partial charge in [-0.15, -0.1) is 0 Å². The molecule has 0 fully saturated rings. The average molecular weight is 243 g/mol. The first-order valence-corrected chi connectivity index (χ1v) is 5.92. The van der Waals surface area contributed by atoms with E-state index in [0.29, 0.717) is 17.5 Å². The van der Waals surface area contributed by atoms with Gasteiger partial charge in [0, 0.05) is 17.8 Å². The lowest BCUT2D eigenvalue weighted by molar-refractivity contribution is 0.456. The summed E-state index contributed by atoms with van der Waals surface area (Å²) < 4.78 is 5.75. The van der Waals surface area contributed by atoms with Crippen molar-refractivity contribution in [1.29, 1.82) is 0 Å². The molecule has 0 radical (unpaired) electrons. The molecule has 0 saturated heterocycles. The third kappa shape index (κ3) is 2.77. The van der Waals surface area contributed by atoms with Gasteiger partial charge in [-0.25, -0.2) is 9.97 Å². The predicted molar refractivity (Wildman–Crippen MR) is 71.8 cm³/mol. The van der Waals surface area contributed by atoms with Crippen molar-refractivity contribution >= 4 is 5.69 Å². The molecule has 0 aliphatic carbocycles. The molecule has 0 spiro atoms. The Bertz CT molecular complexity index is 552. The largest absolute Gasteiger partial charge is 0.439 e. The number of ether oxygens (including phenoxy) is 1. The summed E-state index contributed by atoms with van der Waals surface area (Å²) in [5.74, 6) is 1.61. The topological polar surface area (TPSA) is 61.0 Å². The Balaban J connectivity index is 2.28. The predicted octanol–water partition coefficient (Wildman–Crippen LogP) is 3.28. The molecule has 1 aromatic heterocycles. The lowest BCUT2D eigenvalue weighted by atomic mass is 10.1. The monoisotopic (exact) mass is 243 g/mol. The molecule has 4 heteroatoms. The lowest BCUT2D eigenvalue weighted by Gasteiger charge is -2.10. The van der Waals surface area contributed by atoms with Gasteiger partial charge < -0.3 is 10.5 Å². The van der Waals surface area contributed by atoms with Crippen LogP contribution in [0.3, 0.4) is 0 Å². The summed E-state index contributed by atoms with van der Waals surface area (Å²) in [6.07, 6.45) is 1.52. The van der Waals surface area contributed by atoms with Gasteiger partial charge >= 0.3 is 0 Å². The fourth-order valence-corrected chi connectivity index (χ4v) is 1.56. The van der Waals surface area contributed by atoms with Gasteiger partial charge in [0.25, 0.3) is 0 Å². The van der Waals surface area contributed by atoms with E-state index in [2.05, 4.69) is 23.8 Å². The first kappa shape index (κ1) is 12.4. The molecule has 2 rings (SSSR count). The van der Waals surface area contributed by atoms with Crippen LogP contribution in [0, 0.1) is 6.92 Å². The van der Waals surface area contributed by atoms with Gasteiger partial charge in [0.15, 0.2) is 0 Å². The molecule has 1 aromatic carbocycles. The third-order valence-corrected chi connectivity index (χ3v) is 2.68. The molecule has 0 unspecified atom stereocenters. The Kier molecular flexibility index (Phi) is 3.46. The normalized spacial score (nSPS) is 10.7. The number of rotatable bonds is 3. The van der Waals surface area contributed by atoms with Crippen LogP contribution in [0.4, 0.5) is 5.69 Å². The Morgan fingerprint density at radius 1 is 1.17 bits per heavy atom. The Labute approximate surface area is 107 Å². The molecule has 0 amide bonds. The number of nitrogens with zero attached hydrogens (tertiary/aromatic N) is 2. The van der Waals surface area contributed by atoms with E-state index in [4.69, 9.17) is 10.5 Å². The standard InChI is InChI=1S/C14H17N3O/c1-9(2)12-7-14(17-8-16-12)18-13-6-11(15)5-4-10(13)3/h4-9H,15H2,1-3H3. The Morgan fingerprint density at radius 3 is 2.67 bits per heavy atom. The van der Waals surface area contributed by atoms with E-state index >= 15 is 0 Å². The average Bonchev–Trinajstić information content (AvgIpc) is 2.34. The minimum Gasteiger partial charge on any atom is -0.439 e. The fraction of sp³-hybridized carbons (Fsp3) is 0.286. The Hall–Kier alpha value is -2.10. The molecule has 0 bridgehead atoms. The van der Waals surface area contributed by atoms with Gasteiger partial charge in [0.2, 0.25) is 5.88 Å². The zero-order valence-corrected chi connectivity index (χ0v) is 10.8. The third-order valence-electron chi connectivity index (χ3n) is 2.68. The molecular weight excluding hydrogens is 226 g/mol. The van der Waals surface area contributed by atoms with E-state index in [1.54, 1.807) is 6.07 Å². The number of hydrogen-bond donors (Lipinski definition) is 1. The van der Waals surface area contributed by atoms with Crippen molar-refractivity contribution in [1.82, 2.24) is 9.97 Å². The fourth-order valence-electron chi connectivity index (χ4n) is 1.56. The van der Waals surface area contributed by atoms with Crippen LogP contribution in [0.2, 0.25) is 0 Å². The van der Waals surface area contributed by atoms with Crippen molar-refractivity contribution in [3.05, 3.63) is 41.9 Å². The molecule has 2 aromatic rings. The number of nitrogen functional groups attached to an aromatic ring is 1. The van der Waals surface area contributed by atoms with Crippen molar-refractivity contribution in [2.24, 2.45) is 0 Å². The number of anilines is 1. The van der Waals surface area contributed by atoms with Crippen LogP contribution < -0.4 is 10.5 Å². The van der Waals surface area contributed by atoms with E-state index in [-0.39, 0.29) is 0 Å². The number of aryl methyl sites for hydroxylation is 1. The van der Waals surface area contributed by atoms with Crippen LogP contribution in [0.25, 0.3) is 0 Å². The minimum atomic E-state index is 0.345. The molecule has 2 N–H and O–H groups in total. The summed E-state index contributed by atoms with van der Waals surface area (Å²) in [7, 11) is 0. The van der Waals surface area contributed by atoms with Crippen LogP contribution in [0.5, 0.6) is 11.6 Å². The number of nitrogens with two attached hydrogens (primary N) is 1. The van der Waals surface area contributed by atoms with E-state index in [9.17, 15) is 0 Å². The first-order valence-electron chi connectivity index (χ1n) is 5.92. The van der Waals surface area contributed by atoms with Gasteiger partial charge in [-0.05, 0) is 24.5 Å². The van der Waals surface area contributed by atoms with Crippen molar-refractivity contribution in [2.45, 2.75) is 26.7 Å². The van der Waals surface area contributed by atoms with Gasteiger partial charge in [-0.1, -0.05) is 19.9 Å². The summed E-state index contributed by atoms with van der Waals surface area (Å²) >= 11 is 0. The molecule has 4 nitrogen and oxygen atoms in total. The number of benzene rings is 1. The van der Waals surface area contributed by atoms with Crippen LogP contribution in [0.1, 0.15) is 31.0 Å². The van der Waals surface area contributed by atoms with Crippen LogP contribution in [-0.2, 0) is 0 Å². The molecular formula is C14H17N3O. The maximum atomic E-state index is 5.75. The van der Waals surface area contributed by atoms with Crippen molar-refractivity contribution in [3.63, 3.8) is 0 Å². The van der Waals surface area contributed by atoms with Gasteiger partial charge in [-0.3, -0.25) is 0 Å². The highest BCUT2D eigenvalue weighted by atomic mass is 16.5. The molecule has 0 saturated carbocycles. The van der Waals surface area contributed by atoms with Crippen LogP contribution in [0.15, 0.2) is 30.6 Å². The molecule has 94 valence electrons. The van der Waals surface area contributed by atoms with Crippen molar-refractivity contribution < 1.29 is 4.74 Å². The molecule has 1 heterocycles. The zero-order valence-electron chi connectivity index (χ0n) is 10.8. The maximum absolute atomic E-state index is 5.75. The van der Waals surface area contributed by atoms with Gasteiger partial charge in [0.1, 0.15) is 12.1 Å². The van der Waals surface area contributed by atoms with E-state index in [1.807, 2.05) is 25.1 Å². The zero-order chi connectivity index (χ0) is 13.1. The summed E-state index contributed by atoms with van der Waals surface area (Å²) in [5, 5.41) is 0. The molecule has 0 atom stereocenters. The summed E-state index contributed by atoms with van der Waals surface area (Å²) in [6, 6.07) is 7.43. The number of aromatic nitrogens is 2. The SMILES string of the molecule is Cc1ccc(N)cc1Oc1cc(C(C)C)ncn1. The van der Waals surface area contributed by atoms with Gasteiger partial charge in [0.05, 0.1) is 5.69 Å².